The van der Waals surface area contributed by atoms with E-state index in [1.807, 2.05) is 32.6 Å². The summed E-state index contributed by atoms with van der Waals surface area (Å²) in [6.07, 6.45) is 3.14. The first-order chi connectivity index (χ1) is 8.81. The summed E-state index contributed by atoms with van der Waals surface area (Å²) in [5.74, 6) is 0.125. The lowest BCUT2D eigenvalue weighted by atomic mass is 10.0. The van der Waals surface area contributed by atoms with Gasteiger partial charge in [0.25, 0.3) is 0 Å². The molecular weight excluding hydrogens is 242 g/mol. The number of nitrogens with one attached hydrogen (secondary N) is 2. The first-order valence-corrected chi connectivity index (χ1v) is 7.18. The van der Waals surface area contributed by atoms with Crippen LogP contribution in [0, 0.1) is 0 Å². The zero-order valence-electron chi connectivity index (χ0n) is 12.6. The van der Waals surface area contributed by atoms with Crippen LogP contribution in [0.3, 0.4) is 0 Å². The molecule has 1 aliphatic heterocycles. The van der Waals surface area contributed by atoms with Gasteiger partial charge in [-0.1, -0.05) is 6.92 Å². The fraction of sp³-hybridized carbons (Fsp3) is 0.857. The third-order valence-corrected chi connectivity index (χ3v) is 3.11. The zero-order valence-corrected chi connectivity index (χ0v) is 12.6. The van der Waals surface area contributed by atoms with Gasteiger partial charge in [0.2, 0.25) is 5.91 Å². The summed E-state index contributed by atoms with van der Waals surface area (Å²) in [7, 11) is 0. The largest absolute Gasteiger partial charge is 0.353 e. The molecule has 1 fully saturated rings. The number of likely N-dealkylation sites (tertiary alicyclic amines) is 1. The molecule has 1 aliphatic rings. The van der Waals surface area contributed by atoms with E-state index in [0.29, 0.717) is 19.5 Å². The summed E-state index contributed by atoms with van der Waals surface area (Å²) < 4.78 is 0. The molecule has 1 heterocycles. The standard InChI is InChI=1S/C14H27N3O2/c1-5-6-12(18)15-11-7-9-17(10-8-11)13(19)16-14(2,3)4/h11H,5-10H2,1-4H3,(H,15,18)(H,16,19). The van der Waals surface area contributed by atoms with Crippen LogP contribution in [0.5, 0.6) is 0 Å². The van der Waals surface area contributed by atoms with Crippen LogP contribution in [-0.4, -0.2) is 41.5 Å². The quantitative estimate of drug-likeness (QED) is 0.821. The highest BCUT2D eigenvalue weighted by Crippen LogP contribution is 2.12. The number of nitrogens with zero attached hydrogens (tertiary/aromatic N) is 1. The molecule has 0 aromatic heterocycles. The second kappa shape index (κ2) is 6.78. The van der Waals surface area contributed by atoms with E-state index in [4.69, 9.17) is 0 Å². The molecular formula is C14H27N3O2. The maximum atomic E-state index is 12.0. The number of hydrogen-bond donors (Lipinski definition) is 2. The van der Waals surface area contributed by atoms with Gasteiger partial charge in [-0.25, -0.2) is 4.79 Å². The molecule has 1 saturated heterocycles. The van der Waals surface area contributed by atoms with Crippen LogP contribution >= 0.6 is 0 Å². The Morgan fingerprint density at radius 1 is 1.21 bits per heavy atom. The number of piperidine rings is 1. The van der Waals surface area contributed by atoms with Crippen LogP contribution in [0.1, 0.15) is 53.4 Å². The summed E-state index contributed by atoms with van der Waals surface area (Å²) in [5.41, 5.74) is -0.205. The molecule has 0 atom stereocenters. The van der Waals surface area contributed by atoms with Crippen molar-refractivity contribution in [2.24, 2.45) is 0 Å². The summed E-state index contributed by atoms with van der Waals surface area (Å²) in [4.78, 5) is 25.3. The molecule has 0 spiro atoms. The van der Waals surface area contributed by atoms with E-state index in [0.717, 1.165) is 19.3 Å². The average molecular weight is 269 g/mol. The Bertz CT molecular complexity index is 315. The predicted octanol–water partition coefficient (Wildman–Crippen LogP) is 1.88. The van der Waals surface area contributed by atoms with E-state index in [2.05, 4.69) is 10.6 Å². The second-order valence-electron chi connectivity index (χ2n) is 6.26. The van der Waals surface area contributed by atoms with Crippen LogP contribution in [-0.2, 0) is 4.79 Å². The molecule has 0 saturated carbocycles. The fourth-order valence-corrected chi connectivity index (χ4v) is 2.15. The molecule has 0 unspecified atom stereocenters. The SMILES string of the molecule is CCCC(=O)NC1CCN(C(=O)NC(C)(C)C)CC1. The van der Waals surface area contributed by atoms with Gasteiger partial charge in [0.1, 0.15) is 0 Å². The smallest absolute Gasteiger partial charge is 0.317 e. The monoisotopic (exact) mass is 269 g/mol. The highest BCUT2D eigenvalue weighted by atomic mass is 16.2. The molecule has 5 nitrogen and oxygen atoms in total. The van der Waals surface area contributed by atoms with Crippen molar-refractivity contribution in [3.63, 3.8) is 0 Å². The molecule has 1 rings (SSSR count). The van der Waals surface area contributed by atoms with Crippen molar-refractivity contribution < 1.29 is 9.59 Å². The number of carbonyl (C=O) groups is 2. The minimum Gasteiger partial charge on any atom is -0.353 e. The van der Waals surface area contributed by atoms with Gasteiger partial charge in [-0.05, 0) is 40.0 Å². The topological polar surface area (TPSA) is 61.4 Å². The number of amides is 3. The number of carbonyl (C=O) groups excluding carboxylic acids is 2. The van der Waals surface area contributed by atoms with Crippen molar-refractivity contribution in [2.45, 2.75) is 65.0 Å². The van der Waals surface area contributed by atoms with Gasteiger partial charge in [-0.2, -0.15) is 0 Å². The van der Waals surface area contributed by atoms with E-state index in [-0.39, 0.29) is 23.5 Å². The minimum absolute atomic E-state index is 0.00849. The van der Waals surface area contributed by atoms with Crippen molar-refractivity contribution in [1.82, 2.24) is 15.5 Å². The molecule has 2 N–H and O–H groups in total. The predicted molar refractivity (Wildman–Crippen MR) is 75.9 cm³/mol. The Kier molecular flexibility index (Phi) is 5.63. The molecule has 0 bridgehead atoms. The van der Waals surface area contributed by atoms with Crippen molar-refractivity contribution >= 4 is 11.9 Å². The first-order valence-electron chi connectivity index (χ1n) is 7.18. The Balaban J connectivity index is 2.32. The lowest BCUT2D eigenvalue weighted by Crippen LogP contribution is -2.53. The third-order valence-electron chi connectivity index (χ3n) is 3.11. The highest BCUT2D eigenvalue weighted by Gasteiger charge is 2.25. The van der Waals surface area contributed by atoms with E-state index in [1.165, 1.54) is 0 Å². The lowest BCUT2D eigenvalue weighted by Gasteiger charge is -2.34. The summed E-state index contributed by atoms with van der Waals surface area (Å²) in [6, 6.07) is 0.212. The van der Waals surface area contributed by atoms with Crippen molar-refractivity contribution in [3.05, 3.63) is 0 Å². The van der Waals surface area contributed by atoms with Gasteiger partial charge >= 0.3 is 6.03 Å². The van der Waals surface area contributed by atoms with Crippen LogP contribution in [0.15, 0.2) is 0 Å². The Hall–Kier alpha value is -1.26. The van der Waals surface area contributed by atoms with E-state index in [1.54, 1.807) is 0 Å². The molecule has 19 heavy (non-hydrogen) atoms. The van der Waals surface area contributed by atoms with Crippen LogP contribution in [0.2, 0.25) is 0 Å². The Labute approximate surface area is 116 Å². The number of rotatable bonds is 3. The van der Waals surface area contributed by atoms with Crippen LogP contribution in [0.4, 0.5) is 4.79 Å². The van der Waals surface area contributed by atoms with Crippen molar-refractivity contribution in [2.75, 3.05) is 13.1 Å². The van der Waals surface area contributed by atoms with Crippen LogP contribution in [0.25, 0.3) is 0 Å². The molecule has 0 aromatic carbocycles. The van der Waals surface area contributed by atoms with Crippen molar-refractivity contribution in [1.29, 1.82) is 0 Å². The minimum atomic E-state index is -0.205. The summed E-state index contributed by atoms with van der Waals surface area (Å²) in [6.45, 7) is 9.34. The normalized spacial score (nSPS) is 17.2. The fourth-order valence-electron chi connectivity index (χ4n) is 2.15. The second-order valence-corrected chi connectivity index (χ2v) is 6.26. The van der Waals surface area contributed by atoms with E-state index >= 15 is 0 Å². The van der Waals surface area contributed by atoms with Gasteiger partial charge in [-0.3, -0.25) is 4.79 Å². The lowest BCUT2D eigenvalue weighted by molar-refractivity contribution is -0.122. The number of hydrogen-bond acceptors (Lipinski definition) is 2. The molecule has 3 amide bonds. The third kappa shape index (κ3) is 5.94. The zero-order chi connectivity index (χ0) is 14.5. The summed E-state index contributed by atoms with van der Waals surface area (Å²) in [5, 5.41) is 5.99. The maximum absolute atomic E-state index is 12.0. The molecule has 110 valence electrons. The van der Waals surface area contributed by atoms with Gasteiger partial charge in [-0.15, -0.1) is 0 Å². The molecule has 0 aromatic rings. The Morgan fingerprint density at radius 3 is 2.26 bits per heavy atom. The van der Waals surface area contributed by atoms with E-state index < -0.39 is 0 Å². The first kappa shape index (κ1) is 15.8. The Morgan fingerprint density at radius 2 is 1.79 bits per heavy atom. The molecule has 5 heteroatoms. The van der Waals surface area contributed by atoms with Gasteiger partial charge < -0.3 is 15.5 Å². The summed E-state index contributed by atoms with van der Waals surface area (Å²) >= 11 is 0. The molecule has 0 aliphatic carbocycles. The maximum Gasteiger partial charge on any atom is 0.317 e. The van der Waals surface area contributed by atoms with Crippen molar-refractivity contribution in [3.8, 4) is 0 Å². The van der Waals surface area contributed by atoms with Gasteiger partial charge in [0.05, 0.1) is 0 Å². The number of urea groups is 1. The van der Waals surface area contributed by atoms with E-state index in [9.17, 15) is 9.59 Å². The average Bonchev–Trinajstić information content (AvgIpc) is 2.27. The van der Waals surface area contributed by atoms with Crippen LogP contribution < -0.4 is 10.6 Å². The van der Waals surface area contributed by atoms with Gasteiger partial charge in [0, 0.05) is 31.1 Å². The highest BCUT2D eigenvalue weighted by molar-refractivity contribution is 5.76. The molecule has 0 radical (unpaired) electrons. The van der Waals surface area contributed by atoms with Gasteiger partial charge in [0.15, 0.2) is 0 Å².